The maximum absolute atomic E-state index is 12.3. The summed E-state index contributed by atoms with van der Waals surface area (Å²) in [5.74, 6) is 0.591. The molecule has 2 aromatic carbocycles. The molecule has 0 spiro atoms. The topological polar surface area (TPSA) is 30.5 Å². The van der Waals surface area contributed by atoms with E-state index in [9.17, 15) is 13.2 Å². The van der Waals surface area contributed by atoms with Gasteiger partial charge in [-0.15, -0.1) is 13.2 Å². The van der Waals surface area contributed by atoms with Crippen LogP contribution in [-0.4, -0.2) is 13.5 Å². The van der Waals surface area contributed by atoms with E-state index in [1.807, 2.05) is 25.1 Å². The number of aryl methyl sites for hydroxylation is 1. The third kappa shape index (κ3) is 3.36. The molecule has 0 radical (unpaired) electrons. The van der Waals surface area contributed by atoms with E-state index in [4.69, 9.17) is 4.74 Å². The predicted octanol–water partition coefficient (Wildman–Crippen LogP) is 4.61. The third-order valence-electron chi connectivity index (χ3n) is 3.92. The first-order valence-electron chi connectivity index (χ1n) is 7.15. The Balaban J connectivity index is 1.82. The van der Waals surface area contributed by atoms with E-state index in [1.165, 1.54) is 12.1 Å². The minimum atomic E-state index is -4.67. The summed E-state index contributed by atoms with van der Waals surface area (Å²) in [6.45, 7) is 1.99. The molecule has 0 saturated heterocycles. The highest BCUT2D eigenvalue weighted by Crippen LogP contribution is 2.38. The normalized spacial score (nSPS) is 16.7. The standard InChI is InChI=1S/C17H16F3NO2/c1-10-7-12(22-2)3-5-14(10)16-9-11-8-13(23-17(18,19)20)4-6-15(11)21-16/h3-8,16,21H,9H2,1-2H3. The molecule has 6 heteroatoms. The number of methoxy groups -OCH3 is 1. The number of rotatable bonds is 3. The SMILES string of the molecule is COc1ccc(C2Cc3cc(OC(F)(F)F)ccc3N2)c(C)c1. The number of halogens is 3. The van der Waals surface area contributed by atoms with Crippen molar-refractivity contribution < 1.29 is 22.6 Å². The van der Waals surface area contributed by atoms with Crippen molar-refractivity contribution in [2.75, 3.05) is 12.4 Å². The molecule has 1 atom stereocenters. The summed E-state index contributed by atoms with van der Waals surface area (Å²) >= 11 is 0. The van der Waals surface area contributed by atoms with Gasteiger partial charge >= 0.3 is 6.36 Å². The number of hydrogen-bond donors (Lipinski definition) is 1. The van der Waals surface area contributed by atoms with E-state index < -0.39 is 6.36 Å². The number of ether oxygens (including phenoxy) is 2. The van der Waals surface area contributed by atoms with Crippen LogP contribution < -0.4 is 14.8 Å². The molecule has 0 fully saturated rings. The molecule has 3 rings (SSSR count). The van der Waals surface area contributed by atoms with Crippen molar-refractivity contribution in [3.63, 3.8) is 0 Å². The Morgan fingerprint density at radius 2 is 1.83 bits per heavy atom. The molecular formula is C17H16F3NO2. The van der Waals surface area contributed by atoms with Crippen molar-refractivity contribution in [3.8, 4) is 11.5 Å². The van der Waals surface area contributed by atoms with Gasteiger partial charge in [0.2, 0.25) is 0 Å². The van der Waals surface area contributed by atoms with Gasteiger partial charge in [-0.2, -0.15) is 0 Å². The maximum atomic E-state index is 12.3. The van der Waals surface area contributed by atoms with Gasteiger partial charge in [-0.1, -0.05) is 6.07 Å². The van der Waals surface area contributed by atoms with Gasteiger partial charge in [0.05, 0.1) is 13.2 Å². The average Bonchev–Trinajstić information content (AvgIpc) is 2.88. The number of alkyl halides is 3. The van der Waals surface area contributed by atoms with Gasteiger partial charge in [-0.3, -0.25) is 0 Å². The lowest BCUT2D eigenvalue weighted by Gasteiger charge is -2.15. The number of benzene rings is 2. The highest BCUT2D eigenvalue weighted by atomic mass is 19.4. The zero-order valence-electron chi connectivity index (χ0n) is 12.7. The summed E-state index contributed by atoms with van der Waals surface area (Å²) < 4.78 is 46.1. The molecular weight excluding hydrogens is 307 g/mol. The van der Waals surface area contributed by atoms with Crippen molar-refractivity contribution in [1.82, 2.24) is 0 Å². The van der Waals surface area contributed by atoms with Crippen LogP contribution in [0.3, 0.4) is 0 Å². The van der Waals surface area contributed by atoms with Crippen molar-refractivity contribution in [3.05, 3.63) is 53.1 Å². The van der Waals surface area contributed by atoms with E-state index in [1.54, 1.807) is 13.2 Å². The number of anilines is 1. The summed E-state index contributed by atoms with van der Waals surface area (Å²) in [4.78, 5) is 0. The molecule has 0 saturated carbocycles. The van der Waals surface area contributed by atoms with Crippen LogP contribution in [0.4, 0.5) is 18.9 Å². The van der Waals surface area contributed by atoms with E-state index in [-0.39, 0.29) is 11.8 Å². The number of hydrogen-bond acceptors (Lipinski definition) is 3. The van der Waals surface area contributed by atoms with Gasteiger partial charge < -0.3 is 14.8 Å². The van der Waals surface area contributed by atoms with Crippen molar-refractivity contribution in [1.29, 1.82) is 0 Å². The lowest BCUT2D eigenvalue weighted by molar-refractivity contribution is -0.274. The minimum Gasteiger partial charge on any atom is -0.497 e. The maximum Gasteiger partial charge on any atom is 0.573 e. The van der Waals surface area contributed by atoms with Crippen LogP contribution in [0.15, 0.2) is 36.4 Å². The van der Waals surface area contributed by atoms with Gasteiger partial charge in [0.15, 0.2) is 0 Å². The van der Waals surface area contributed by atoms with Gasteiger partial charge in [-0.05, 0) is 60.4 Å². The lowest BCUT2D eigenvalue weighted by atomic mass is 9.98. The monoisotopic (exact) mass is 323 g/mol. The Hall–Kier alpha value is -2.37. The first-order valence-corrected chi connectivity index (χ1v) is 7.15. The van der Waals surface area contributed by atoms with Gasteiger partial charge in [-0.25, -0.2) is 0 Å². The lowest BCUT2D eigenvalue weighted by Crippen LogP contribution is -2.17. The fraction of sp³-hybridized carbons (Fsp3) is 0.294. The number of nitrogens with one attached hydrogen (secondary N) is 1. The van der Waals surface area contributed by atoms with Crippen molar-refractivity contribution in [2.24, 2.45) is 0 Å². The Morgan fingerprint density at radius 1 is 1.09 bits per heavy atom. The molecule has 1 N–H and O–H groups in total. The van der Waals surface area contributed by atoms with Crippen molar-refractivity contribution >= 4 is 5.69 Å². The molecule has 23 heavy (non-hydrogen) atoms. The summed E-state index contributed by atoms with van der Waals surface area (Å²) in [6, 6.07) is 10.2. The molecule has 1 heterocycles. The van der Waals surface area contributed by atoms with Crippen LogP contribution in [-0.2, 0) is 6.42 Å². The van der Waals surface area contributed by atoms with Crippen LogP contribution in [0.2, 0.25) is 0 Å². The van der Waals surface area contributed by atoms with Crippen molar-refractivity contribution in [2.45, 2.75) is 25.7 Å². The molecule has 0 aliphatic carbocycles. The van der Waals surface area contributed by atoms with E-state index >= 15 is 0 Å². The quantitative estimate of drug-likeness (QED) is 0.894. The smallest absolute Gasteiger partial charge is 0.497 e. The summed E-state index contributed by atoms with van der Waals surface area (Å²) in [5, 5.41) is 3.34. The van der Waals surface area contributed by atoms with Crippen LogP contribution in [0.25, 0.3) is 0 Å². The second-order valence-corrected chi connectivity index (χ2v) is 5.49. The summed E-state index contributed by atoms with van der Waals surface area (Å²) in [6.07, 6.45) is -4.07. The van der Waals surface area contributed by atoms with Gasteiger partial charge in [0.1, 0.15) is 11.5 Å². The highest BCUT2D eigenvalue weighted by molar-refractivity contribution is 5.61. The van der Waals surface area contributed by atoms with E-state index in [0.717, 1.165) is 28.1 Å². The van der Waals surface area contributed by atoms with Gasteiger partial charge in [0, 0.05) is 5.69 Å². The Labute approximate surface area is 132 Å². The second-order valence-electron chi connectivity index (χ2n) is 5.49. The first-order chi connectivity index (χ1) is 10.9. The van der Waals surface area contributed by atoms with Crippen LogP contribution in [0.5, 0.6) is 11.5 Å². The minimum absolute atomic E-state index is 0.0250. The van der Waals surface area contributed by atoms with Crippen LogP contribution >= 0.6 is 0 Å². The average molecular weight is 323 g/mol. The Morgan fingerprint density at radius 3 is 2.48 bits per heavy atom. The molecule has 0 amide bonds. The molecule has 1 aliphatic rings. The zero-order valence-corrected chi connectivity index (χ0v) is 12.7. The van der Waals surface area contributed by atoms with E-state index in [2.05, 4.69) is 10.1 Å². The molecule has 3 nitrogen and oxygen atoms in total. The molecule has 1 unspecified atom stereocenters. The molecule has 2 aromatic rings. The summed E-state index contributed by atoms with van der Waals surface area (Å²) in [5.41, 5.74) is 3.81. The fourth-order valence-corrected chi connectivity index (χ4v) is 2.89. The zero-order chi connectivity index (χ0) is 16.6. The van der Waals surface area contributed by atoms with Crippen LogP contribution in [0, 0.1) is 6.92 Å². The first kappa shape index (κ1) is 15.5. The predicted molar refractivity (Wildman–Crippen MR) is 80.9 cm³/mol. The fourth-order valence-electron chi connectivity index (χ4n) is 2.89. The third-order valence-corrected chi connectivity index (χ3v) is 3.92. The molecule has 0 aromatic heterocycles. The van der Waals surface area contributed by atoms with Crippen LogP contribution in [0.1, 0.15) is 22.7 Å². The highest BCUT2D eigenvalue weighted by Gasteiger charge is 2.32. The largest absolute Gasteiger partial charge is 0.573 e. The second kappa shape index (κ2) is 5.68. The Bertz CT molecular complexity index is 728. The molecule has 1 aliphatic heterocycles. The van der Waals surface area contributed by atoms with Gasteiger partial charge in [0.25, 0.3) is 0 Å². The summed E-state index contributed by atoms with van der Waals surface area (Å²) in [7, 11) is 1.61. The molecule has 122 valence electrons. The molecule has 0 bridgehead atoms. The van der Waals surface area contributed by atoms with E-state index in [0.29, 0.717) is 6.42 Å². The Kier molecular flexibility index (Phi) is 3.83. The number of fused-ring (bicyclic) bond motifs is 1.